The normalized spacial score (nSPS) is 26.3. The Labute approximate surface area is 127 Å². The van der Waals surface area contributed by atoms with Gasteiger partial charge in [-0.2, -0.15) is 0 Å². The highest BCUT2D eigenvalue weighted by atomic mass is 16.5. The molecule has 0 saturated carbocycles. The number of fused-ring (bicyclic) bond motifs is 1. The van der Waals surface area contributed by atoms with Gasteiger partial charge >= 0.3 is 0 Å². The van der Waals surface area contributed by atoms with Crippen molar-refractivity contribution < 1.29 is 9.47 Å². The van der Waals surface area contributed by atoms with Crippen molar-refractivity contribution in [2.45, 2.75) is 38.3 Å². The van der Waals surface area contributed by atoms with Crippen LogP contribution in [0.15, 0.2) is 18.2 Å². The quantitative estimate of drug-likeness (QED) is 0.854. The van der Waals surface area contributed by atoms with Crippen LogP contribution in [0.4, 0.5) is 5.69 Å². The number of methoxy groups -OCH3 is 2. The molecule has 0 bridgehead atoms. The summed E-state index contributed by atoms with van der Waals surface area (Å²) in [7, 11) is 3.43. The van der Waals surface area contributed by atoms with E-state index in [2.05, 4.69) is 22.8 Å². The van der Waals surface area contributed by atoms with Crippen LogP contribution >= 0.6 is 0 Å². The van der Waals surface area contributed by atoms with E-state index >= 15 is 0 Å². The van der Waals surface area contributed by atoms with E-state index < -0.39 is 0 Å². The molecule has 0 spiro atoms. The summed E-state index contributed by atoms with van der Waals surface area (Å²) in [5, 5.41) is 0. The lowest BCUT2D eigenvalue weighted by Crippen LogP contribution is -2.58. The van der Waals surface area contributed by atoms with Crippen LogP contribution in [-0.4, -0.2) is 50.8 Å². The molecule has 21 heavy (non-hydrogen) atoms. The van der Waals surface area contributed by atoms with Crippen molar-refractivity contribution in [3.05, 3.63) is 18.2 Å². The monoisotopic (exact) mass is 290 g/mol. The van der Waals surface area contributed by atoms with Gasteiger partial charge in [0.25, 0.3) is 0 Å². The van der Waals surface area contributed by atoms with Crippen LogP contribution in [0.25, 0.3) is 0 Å². The molecule has 1 aromatic carbocycles. The summed E-state index contributed by atoms with van der Waals surface area (Å²) in [6.45, 7) is 5.83. The number of hydrogen-bond donors (Lipinski definition) is 0. The van der Waals surface area contributed by atoms with E-state index in [-0.39, 0.29) is 0 Å². The topological polar surface area (TPSA) is 24.9 Å². The smallest absolute Gasteiger partial charge is 0.145 e. The molecular formula is C17H26N2O2. The maximum Gasteiger partial charge on any atom is 0.145 e. The standard InChI is InChI=1S/C17H26N2O2/c1-13-11-18-9-5-4-6-14(18)12-19(13)16-8-7-15(20-2)10-17(16)21-3/h7-8,10,13-14H,4-6,9,11-12H2,1-3H3. The minimum atomic E-state index is 0.515. The summed E-state index contributed by atoms with van der Waals surface area (Å²) in [5.41, 5.74) is 1.19. The Morgan fingerprint density at radius 3 is 2.71 bits per heavy atom. The number of piperidine rings is 1. The zero-order chi connectivity index (χ0) is 14.8. The molecule has 2 atom stereocenters. The average Bonchev–Trinajstić information content (AvgIpc) is 2.53. The highest BCUT2D eigenvalue weighted by Crippen LogP contribution is 2.36. The Kier molecular flexibility index (Phi) is 4.24. The number of hydrogen-bond acceptors (Lipinski definition) is 4. The van der Waals surface area contributed by atoms with E-state index in [4.69, 9.17) is 9.47 Å². The van der Waals surface area contributed by atoms with Crippen LogP contribution in [0.5, 0.6) is 11.5 Å². The molecule has 4 nitrogen and oxygen atoms in total. The molecule has 0 aliphatic carbocycles. The Balaban J connectivity index is 1.85. The van der Waals surface area contributed by atoms with Gasteiger partial charge < -0.3 is 14.4 Å². The van der Waals surface area contributed by atoms with Gasteiger partial charge in [-0.25, -0.2) is 0 Å². The van der Waals surface area contributed by atoms with E-state index in [1.165, 1.54) is 31.5 Å². The predicted octanol–water partition coefficient (Wildman–Crippen LogP) is 2.77. The fourth-order valence-electron chi connectivity index (χ4n) is 3.71. The molecule has 3 rings (SSSR count). The van der Waals surface area contributed by atoms with Gasteiger partial charge in [0.05, 0.1) is 19.9 Å². The first kappa shape index (κ1) is 14.5. The van der Waals surface area contributed by atoms with Gasteiger partial charge in [-0.1, -0.05) is 6.42 Å². The fourth-order valence-corrected chi connectivity index (χ4v) is 3.71. The first-order valence-electron chi connectivity index (χ1n) is 7.95. The van der Waals surface area contributed by atoms with Crippen LogP contribution in [-0.2, 0) is 0 Å². The van der Waals surface area contributed by atoms with E-state index in [0.717, 1.165) is 24.6 Å². The van der Waals surface area contributed by atoms with Gasteiger partial charge in [-0.3, -0.25) is 4.90 Å². The molecule has 2 aliphatic heterocycles. The Bertz CT molecular complexity index is 492. The molecule has 0 N–H and O–H groups in total. The lowest BCUT2D eigenvalue weighted by atomic mass is 9.96. The van der Waals surface area contributed by atoms with Crippen molar-refractivity contribution in [1.82, 2.24) is 4.90 Å². The first-order valence-corrected chi connectivity index (χ1v) is 7.95. The van der Waals surface area contributed by atoms with Crippen LogP contribution in [0.2, 0.25) is 0 Å². The zero-order valence-corrected chi connectivity index (χ0v) is 13.3. The van der Waals surface area contributed by atoms with Crippen LogP contribution < -0.4 is 14.4 Å². The van der Waals surface area contributed by atoms with E-state index in [0.29, 0.717) is 12.1 Å². The zero-order valence-electron chi connectivity index (χ0n) is 13.3. The number of anilines is 1. The molecule has 116 valence electrons. The van der Waals surface area contributed by atoms with Crippen molar-refractivity contribution in [1.29, 1.82) is 0 Å². The van der Waals surface area contributed by atoms with Gasteiger partial charge in [-0.15, -0.1) is 0 Å². The van der Waals surface area contributed by atoms with Crippen molar-refractivity contribution in [2.75, 3.05) is 38.8 Å². The highest BCUT2D eigenvalue weighted by Gasteiger charge is 2.34. The van der Waals surface area contributed by atoms with Gasteiger partial charge in [0, 0.05) is 31.2 Å². The van der Waals surface area contributed by atoms with Gasteiger partial charge in [0.2, 0.25) is 0 Å². The number of ether oxygens (including phenoxy) is 2. The summed E-state index contributed by atoms with van der Waals surface area (Å²) in [4.78, 5) is 5.17. The molecule has 2 unspecified atom stereocenters. The van der Waals surface area contributed by atoms with Crippen LogP contribution in [0, 0.1) is 0 Å². The lowest BCUT2D eigenvalue weighted by Gasteiger charge is -2.48. The molecule has 1 aromatic rings. The molecular weight excluding hydrogens is 264 g/mol. The summed E-state index contributed by atoms with van der Waals surface area (Å²) in [6, 6.07) is 7.35. The number of rotatable bonds is 3. The predicted molar refractivity (Wildman–Crippen MR) is 85.6 cm³/mol. The fraction of sp³-hybridized carbons (Fsp3) is 0.647. The minimum absolute atomic E-state index is 0.515. The lowest BCUT2D eigenvalue weighted by molar-refractivity contribution is 0.115. The van der Waals surface area contributed by atoms with Gasteiger partial charge in [-0.05, 0) is 38.4 Å². The summed E-state index contributed by atoms with van der Waals surface area (Å²) < 4.78 is 10.9. The second-order valence-corrected chi connectivity index (χ2v) is 6.18. The third-order valence-corrected chi connectivity index (χ3v) is 4.88. The second kappa shape index (κ2) is 6.14. The summed E-state index contributed by atoms with van der Waals surface area (Å²) in [6.07, 6.45) is 4.04. The van der Waals surface area contributed by atoms with Crippen LogP contribution in [0.1, 0.15) is 26.2 Å². The van der Waals surface area contributed by atoms with Crippen molar-refractivity contribution in [3.8, 4) is 11.5 Å². The molecule has 2 saturated heterocycles. The molecule has 4 heteroatoms. The number of benzene rings is 1. The molecule has 0 radical (unpaired) electrons. The molecule has 0 amide bonds. The van der Waals surface area contributed by atoms with E-state index in [1.807, 2.05) is 12.1 Å². The third-order valence-electron chi connectivity index (χ3n) is 4.88. The number of piperazine rings is 1. The molecule has 0 aromatic heterocycles. The van der Waals surface area contributed by atoms with Gasteiger partial charge in [0.1, 0.15) is 11.5 Å². The SMILES string of the molecule is COc1ccc(N2CC3CCCCN3CC2C)c(OC)c1. The maximum absolute atomic E-state index is 5.59. The largest absolute Gasteiger partial charge is 0.497 e. The van der Waals surface area contributed by atoms with Crippen molar-refractivity contribution in [2.24, 2.45) is 0 Å². The van der Waals surface area contributed by atoms with Crippen LogP contribution in [0.3, 0.4) is 0 Å². The Morgan fingerprint density at radius 2 is 1.95 bits per heavy atom. The first-order chi connectivity index (χ1) is 10.2. The van der Waals surface area contributed by atoms with Gasteiger partial charge in [0.15, 0.2) is 0 Å². The number of nitrogens with zero attached hydrogens (tertiary/aromatic N) is 2. The highest BCUT2D eigenvalue weighted by molar-refractivity contribution is 5.62. The third kappa shape index (κ3) is 2.82. The minimum Gasteiger partial charge on any atom is -0.497 e. The molecule has 2 fully saturated rings. The molecule has 2 heterocycles. The second-order valence-electron chi connectivity index (χ2n) is 6.18. The Hall–Kier alpha value is -1.42. The maximum atomic E-state index is 5.59. The Morgan fingerprint density at radius 1 is 1.10 bits per heavy atom. The average molecular weight is 290 g/mol. The summed E-state index contributed by atoms with van der Waals surface area (Å²) in [5.74, 6) is 1.75. The van der Waals surface area contributed by atoms with E-state index in [1.54, 1.807) is 14.2 Å². The van der Waals surface area contributed by atoms with Crippen molar-refractivity contribution >= 4 is 5.69 Å². The van der Waals surface area contributed by atoms with Crippen molar-refractivity contribution in [3.63, 3.8) is 0 Å². The summed E-state index contributed by atoms with van der Waals surface area (Å²) >= 11 is 0. The van der Waals surface area contributed by atoms with E-state index in [9.17, 15) is 0 Å². The molecule has 2 aliphatic rings.